The third kappa shape index (κ3) is 5.84. The first-order valence-corrected chi connectivity index (χ1v) is 10.4. The van der Waals surface area contributed by atoms with Gasteiger partial charge in [0.25, 0.3) is 5.91 Å². The molecule has 0 spiro atoms. The van der Waals surface area contributed by atoms with Crippen molar-refractivity contribution in [2.75, 3.05) is 24.6 Å². The quantitative estimate of drug-likeness (QED) is 0.691. The number of benzene rings is 2. The number of carbonyl (C=O) groups excluding carboxylic acids is 3. The number of anilines is 1. The topological polar surface area (TPSA) is 84.9 Å². The maximum Gasteiger partial charge on any atom is 0.349 e. The molecule has 1 atom stereocenters. The summed E-state index contributed by atoms with van der Waals surface area (Å²) in [6.07, 6.45) is -0.292. The predicted molar refractivity (Wildman–Crippen MR) is 117 cm³/mol. The first kappa shape index (κ1) is 22.3. The smallest absolute Gasteiger partial charge is 0.349 e. The van der Waals surface area contributed by atoms with Crippen molar-refractivity contribution < 1.29 is 23.9 Å². The lowest BCUT2D eigenvalue weighted by atomic mass is 10.0. The van der Waals surface area contributed by atoms with E-state index in [2.05, 4.69) is 43.4 Å². The number of carbonyl (C=O) groups is 3. The van der Waals surface area contributed by atoms with Crippen LogP contribution in [0, 0.1) is 0 Å². The van der Waals surface area contributed by atoms with Gasteiger partial charge in [-0.2, -0.15) is 0 Å². The van der Waals surface area contributed by atoms with E-state index in [0.29, 0.717) is 30.3 Å². The molecular weight excluding hydrogens is 396 g/mol. The molecule has 0 unspecified atom stereocenters. The predicted octanol–water partition coefficient (Wildman–Crippen LogP) is 2.83. The molecule has 0 bridgehead atoms. The summed E-state index contributed by atoms with van der Waals surface area (Å²) in [6.45, 7) is 5.81. The van der Waals surface area contributed by atoms with Gasteiger partial charge in [-0.25, -0.2) is 4.79 Å². The summed E-state index contributed by atoms with van der Waals surface area (Å²) in [5.41, 5.74) is 3.01. The van der Waals surface area contributed by atoms with E-state index in [9.17, 15) is 14.4 Å². The highest BCUT2D eigenvalue weighted by Crippen LogP contribution is 2.33. The van der Waals surface area contributed by atoms with Gasteiger partial charge in [0.15, 0.2) is 6.61 Å². The Hall–Kier alpha value is -3.35. The maximum atomic E-state index is 12.4. The Bertz CT molecular complexity index is 939. The fraction of sp³-hybridized carbons (Fsp3) is 0.375. The molecule has 0 fully saturated rings. The number of hydrogen-bond donors (Lipinski definition) is 1. The molecule has 2 aromatic rings. The number of para-hydroxylation sites is 2. The SMILES string of the molecule is CC(=O)N1C[C@H](C(=O)OCC(=O)NCCc2ccc(C(C)C)cc2)Oc2ccccc21. The van der Waals surface area contributed by atoms with E-state index in [1.165, 1.54) is 17.4 Å². The van der Waals surface area contributed by atoms with Gasteiger partial charge in [-0.15, -0.1) is 0 Å². The van der Waals surface area contributed by atoms with Crippen LogP contribution >= 0.6 is 0 Å². The van der Waals surface area contributed by atoms with Gasteiger partial charge in [0.1, 0.15) is 5.75 Å². The van der Waals surface area contributed by atoms with Crippen molar-refractivity contribution >= 4 is 23.5 Å². The first-order valence-electron chi connectivity index (χ1n) is 10.4. The Morgan fingerprint density at radius 3 is 2.52 bits per heavy atom. The van der Waals surface area contributed by atoms with Gasteiger partial charge in [-0.05, 0) is 35.6 Å². The summed E-state index contributed by atoms with van der Waals surface area (Å²) in [7, 11) is 0. The van der Waals surface area contributed by atoms with Gasteiger partial charge < -0.3 is 19.7 Å². The molecule has 1 N–H and O–H groups in total. The van der Waals surface area contributed by atoms with Crippen LogP contribution < -0.4 is 15.0 Å². The van der Waals surface area contributed by atoms with Gasteiger partial charge in [0, 0.05) is 13.5 Å². The van der Waals surface area contributed by atoms with Crippen LogP contribution in [0.1, 0.15) is 37.8 Å². The normalized spacial score (nSPS) is 15.1. The molecule has 7 nitrogen and oxygen atoms in total. The second kappa shape index (κ2) is 10.1. The first-order chi connectivity index (χ1) is 14.8. The van der Waals surface area contributed by atoms with E-state index in [-0.39, 0.29) is 18.4 Å². The average Bonchev–Trinajstić information content (AvgIpc) is 2.76. The Morgan fingerprint density at radius 1 is 1.13 bits per heavy atom. The van der Waals surface area contributed by atoms with Crippen LogP contribution in [0.3, 0.4) is 0 Å². The zero-order chi connectivity index (χ0) is 22.4. The van der Waals surface area contributed by atoms with Crippen molar-refractivity contribution in [2.45, 2.75) is 39.2 Å². The highest BCUT2D eigenvalue weighted by Gasteiger charge is 2.33. The van der Waals surface area contributed by atoms with Crippen molar-refractivity contribution in [1.82, 2.24) is 5.32 Å². The summed E-state index contributed by atoms with van der Waals surface area (Å²) in [5, 5.41) is 2.75. The van der Waals surface area contributed by atoms with Crippen LogP contribution in [0.5, 0.6) is 5.75 Å². The van der Waals surface area contributed by atoms with Gasteiger partial charge in [-0.1, -0.05) is 50.2 Å². The molecule has 1 aliphatic heterocycles. The highest BCUT2D eigenvalue weighted by atomic mass is 16.6. The van der Waals surface area contributed by atoms with Crippen molar-refractivity contribution in [3.8, 4) is 5.75 Å². The van der Waals surface area contributed by atoms with Gasteiger partial charge in [0.05, 0.1) is 12.2 Å². The fourth-order valence-electron chi connectivity index (χ4n) is 3.35. The summed E-state index contributed by atoms with van der Waals surface area (Å²) in [4.78, 5) is 37.8. The molecule has 7 heteroatoms. The molecule has 0 radical (unpaired) electrons. The van der Waals surface area contributed by atoms with Crippen molar-refractivity contribution in [2.24, 2.45) is 0 Å². The van der Waals surface area contributed by atoms with Crippen molar-refractivity contribution in [1.29, 1.82) is 0 Å². The third-order valence-corrected chi connectivity index (χ3v) is 5.14. The lowest BCUT2D eigenvalue weighted by Crippen LogP contribution is -2.47. The summed E-state index contributed by atoms with van der Waals surface area (Å²) < 4.78 is 10.8. The molecular formula is C24H28N2O5. The molecule has 1 aliphatic rings. The zero-order valence-corrected chi connectivity index (χ0v) is 18.1. The zero-order valence-electron chi connectivity index (χ0n) is 18.1. The number of nitrogens with zero attached hydrogens (tertiary/aromatic N) is 1. The number of nitrogens with one attached hydrogen (secondary N) is 1. The lowest BCUT2D eigenvalue weighted by molar-refractivity contribution is -0.155. The highest BCUT2D eigenvalue weighted by molar-refractivity contribution is 5.95. The van der Waals surface area contributed by atoms with Crippen molar-refractivity contribution in [3.05, 3.63) is 59.7 Å². The average molecular weight is 424 g/mol. The number of rotatable bonds is 7. The standard InChI is InChI=1S/C24H28N2O5/c1-16(2)19-10-8-18(9-11-19)12-13-25-23(28)15-30-24(29)22-14-26(17(3)27)20-6-4-5-7-21(20)31-22/h4-11,16,22H,12-15H2,1-3H3,(H,25,28)/t22-/m1/s1. The van der Waals surface area contributed by atoms with Gasteiger partial charge in [0.2, 0.25) is 12.0 Å². The van der Waals surface area contributed by atoms with Crippen LogP contribution in [0.25, 0.3) is 0 Å². The van der Waals surface area contributed by atoms with E-state index in [0.717, 1.165) is 5.56 Å². The molecule has 3 rings (SSSR count). The summed E-state index contributed by atoms with van der Waals surface area (Å²) in [6, 6.07) is 15.3. The Balaban J connectivity index is 1.45. The molecule has 0 saturated carbocycles. The minimum absolute atomic E-state index is 0.0408. The Labute approximate surface area is 182 Å². The molecule has 0 aliphatic carbocycles. The fourth-order valence-corrected chi connectivity index (χ4v) is 3.35. The third-order valence-electron chi connectivity index (χ3n) is 5.14. The summed E-state index contributed by atoms with van der Waals surface area (Å²) in [5.74, 6) is -0.355. The molecule has 164 valence electrons. The second-order valence-corrected chi connectivity index (χ2v) is 7.81. The number of amides is 2. The van der Waals surface area contributed by atoms with E-state index in [1.54, 1.807) is 24.3 Å². The Kier molecular flexibility index (Phi) is 7.28. The van der Waals surface area contributed by atoms with Crippen LogP contribution in [-0.2, 0) is 25.5 Å². The molecule has 2 amide bonds. The van der Waals surface area contributed by atoms with Crippen LogP contribution in [-0.4, -0.2) is 43.6 Å². The molecule has 31 heavy (non-hydrogen) atoms. The number of esters is 1. The summed E-state index contributed by atoms with van der Waals surface area (Å²) >= 11 is 0. The molecule has 2 aromatic carbocycles. The van der Waals surface area contributed by atoms with Gasteiger partial charge >= 0.3 is 5.97 Å². The number of ether oxygens (including phenoxy) is 2. The van der Waals surface area contributed by atoms with E-state index < -0.39 is 18.7 Å². The molecule has 0 aromatic heterocycles. The van der Waals surface area contributed by atoms with Crippen LogP contribution in [0.2, 0.25) is 0 Å². The van der Waals surface area contributed by atoms with E-state index >= 15 is 0 Å². The number of fused-ring (bicyclic) bond motifs is 1. The maximum absolute atomic E-state index is 12.4. The largest absolute Gasteiger partial charge is 0.475 e. The van der Waals surface area contributed by atoms with Crippen molar-refractivity contribution in [3.63, 3.8) is 0 Å². The number of hydrogen-bond acceptors (Lipinski definition) is 5. The molecule has 0 saturated heterocycles. The molecule has 1 heterocycles. The monoisotopic (exact) mass is 424 g/mol. The van der Waals surface area contributed by atoms with E-state index in [1.807, 2.05) is 0 Å². The second-order valence-electron chi connectivity index (χ2n) is 7.81. The van der Waals surface area contributed by atoms with Crippen LogP contribution in [0.15, 0.2) is 48.5 Å². The van der Waals surface area contributed by atoms with Gasteiger partial charge in [-0.3, -0.25) is 9.59 Å². The lowest BCUT2D eigenvalue weighted by Gasteiger charge is -2.33. The minimum Gasteiger partial charge on any atom is -0.475 e. The Morgan fingerprint density at radius 2 is 1.84 bits per heavy atom. The van der Waals surface area contributed by atoms with Crippen LogP contribution in [0.4, 0.5) is 5.69 Å². The minimum atomic E-state index is -0.980. The van der Waals surface area contributed by atoms with E-state index in [4.69, 9.17) is 9.47 Å².